The van der Waals surface area contributed by atoms with Crippen molar-refractivity contribution in [3.05, 3.63) is 96.4 Å². The maximum absolute atomic E-state index is 13.2. The molecule has 0 atom stereocenters. The SMILES string of the molecule is Nc1ccc(N(C(=O)N/C=C/c2cccc(F)c2)c2ccccc2)cc1. The van der Waals surface area contributed by atoms with Crippen molar-refractivity contribution < 1.29 is 9.18 Å². The first-order valence-corrected chi connectivity index (χ1v) is 8.07. The second-order valence-corrected chi connectivity index (χ2v) is 5.60. The molecule has 0 saturated heterocycles. The van der Waals surface area contributed by atoms with E-state index in [1.165, 1.54) is 23.2 Å². The maximum Gasteiger partial charge on any atom is 0.330 e. The van der Waals surface area contributed by atoms with E-state index < -0.39 is 0 Å². The van der Waals surface area contributed by atoms with Gasteiger partial charge in [0.05, 0.1) is 11.4 Å². The number of rotatable bonds is 4. The molecule has 0 bridgehead atoms. The lowest BCUT2D eigenvalue weighted by molar-refractivity contribution is 0.251. The predicted octanol–water partition coefficient (Wildman–Crippen LogP) is 4.93. The van der Waals surface area contributed by atoms with Crippen molar-refractivity contribution in [2.45, 2.75) is 0 Å². The van der Waals surface area contributed by atoms with Crippen molar-refractivity contribution in [2.24, 2.45) is 0 Å². The summed E-state index contributed by atoms with van der Waals surface area (Å²) < 4.78 is 13.2. The summed E-state index contributed by atoms with van der Waals surface area (Å²) in [6, 6.07) is 22.1. The summed E-state index contributed by atoms with van der Waals surface area (Å²) in [5, 5.41) is 2.72. The second-order valence-electron chi connectivity index (χ2n) is 5.60. The number of nitrogen functional groups attached to an aromatic ring is 1. The normalized spacial score (nSPS) is 10.7. The van der Waals surface area contributed by atoms with Gasteiger partial charge in [-0.15, -0.1) is 0 Å². The molecule has 3 N–H and O–H groups in total. The molecule has 3 rings (SSSR count). The van der Waals surface area contributed by atoms with Crippen LogP contribution in [-0.2, 0) is 0 Å². The number of carbonyl (C=O) groups is 1. The number of amides is 2. The van der Waals surface area contributed by atoms with E-state index in [0.29, 0.717) is 22.6 Å². The van der Waals surface area contributed by atoms with Gasteiger partial charge in [-0.3, -0.25) is 4.90 Å². The third-order valence-electron chi connectivity index (χ3n) is 3.70. The van der Waals surface area contributed by atoms with Gasteiger partial charge in [0.2, 0.25) is 0 Å². The van der Waals surface area contributed by atoms with Crippen LogP contribution in [0.3, 0.4) is 0 Å². The summed E-state index contributed by atoms with van der Waals surface area (Å²) >= 11 is 0. The number of urea groups is 1. The van der Waals surface area contributed by atoms with E-state index in [-0.39, 0.29) is 11.8 Å². The van der Waals surface area contributed by atoms with Gasteiger partial charge in [0.25, 0.3) is 0 Å². The molecule has 0 radical (unpaired) electrons. The highest BCUT2D eigenvalue weighted by atomic mass is 19.1. The zero-order chi connectivity index (χ0) is 18.4. The molecular formula is C21H18FN3O. The molecule has 0 saturated carbocycles. The second kappa shape index (κ2) is 7.98. The van der Waals surface area contributed by atoms with Crippen molar-refractivity contribution in [3.63, 3.8) is 0 Å². The first-order valence-electron chi connectivity index (χ1n) is 8.07. The third-order valence-corrected chi connectivity index (χ3v) is 3.70. The van der Waals surface area contributed by atoms with Crippen LogP contribution in [0.2, 0.25) is 0 Å². The van der Waals surface area contributed by atoms with Gasteiger partial charge in [-0.1, -0.05) is 30.3 Å². The maximum atomic E-state index is 13.2. The van der Waals surface area contributed by atoms with E-state index in [1.54, 1.807) is 42.5 Å². The van der Waals surface area contributed by atoms with E-state index in [0.717, 1.165) is 0 Å². The molecular weight excluding hydrogens is 329 g/mol. The summed E-state index contributed by atoms with van der Waals surface area (Å²) in [5.41, 5.74) is 8.41. The van der Waals surface area contributed by atoms with E-state index in [4.69, 9.17) is 5.73 Å². The van der Waals surface area contributed by atoms with E-state index in [9.17, 15) is 9.18 Å². The van der Waals surface area contributed by atoms with Gasteiger partial charge in [0.1, 0.15) is 5.82 Å². The Hall–Kier alpha value is -3.60. The van der Waals surface area contributed by atoms with Gasteiger partial charge in [-0.2, -0.15) is 0 Å². The Balaban J connectivity index is 1.82. The van der Waals surface area contributed by atoms with Gasteiger partial charge in [-0.05, 0) is 60.2 Å². The van der Waals surface area contributed by atoms with E-state index in [1.807, 2.05) is 30.3 Å². The van der Waals surface area contributed by atoms with Crippen molar-refractivity contribution in [1.82, 2.24) is 5.32 Å². The highest BCUT2D eigenvalue weighted by Crippen LogP contribution is 2.26. The summed E-state index contributed by atoms with van der Waals surface area (Å²) in [7, 11) is 0. The van der Waals surface area contributed by atoms with Gasteiger partial charge in [-0.25, -0.2) is 9.18 Å². The van der Waals surface area contributed by atoms with E-state index >= 15 is 0 Å². The average molecular weight is 347 g/mol. The fourth-order valence-corrected chi connectivity index (χ4v) is 2.47. The summed E-state index contributed by atoms with van der Waals surface area (Å²) in [6.07, 6.45) is 3.12. The van der Waals surface area contributed by atoms with Crippen LogP contribution in [0.1, 0.15) is 5.56 Å². The number of nitrogens with zero attached hydrogens (tertiary/aromatic N) is 1. The minimum atomic E-state index is -0.339. The average Bonchev–Trinajstić information content (AvgIpc) is 2.65. The number of halogens is 1. The van der Waals surface area contributed by atoms with Crippen LogP contribution >= 0.6 is 0 Å². The number of anilines is 3. The Kier molecular flexibility index (Phi) is 5.29. The standard InChI is InChI=1S/C21H18FN3O/c22-17-6-4-5-16(15-17)13-14-24-21(26)25(19-7-2-1-3-8-19)20-11-9-18(23)10-12-20/h1-15H,23H2,(H,24,26)/b14-13+. The van der Waals surface area contributed by atoms with Crippen LogP contribution < -0.4 is 16.0 Å². The number of para-hydroxylation sites is 1. The predicted molar refractivity (Wildman–Crippen MR) is 103 cm³/mol. The molecule has 0 aromatic heterocycles. The largest absolute Gasteiger partial charge is 0.399 e. The molecule has 5 heteroatoms. The molecule has 0 spiro atoms. The van der Waals surface area contributed by atoms with Gasteiger partial charge < -0.3 is 11.1 Å². The number of hydrogen-bond acceptors (Lipinski definition) is 2. The Bertz CT molecular complexity index is 908. The molecule has 0 aliphatic heterocycles. The van der Waals surface area contributed by atoms with Crippen molar-refractivity contribution >= 4 is 29.2 Å². The number of benzene rings is 3. The summed E-state index contributed by atoms with van der Waals surface area (Å²) in [6.45, 7) is 0. The number of carbonyl (C=O) groups excluding carboxylic acids is 1. The Morgan fingerprint density at radius 2 is 1.62 bits per heavy atom. The van der Waals surface area contributed by atoms with Crippen LogP contribution in [0.15, 0.2) is 85.1 Å². The zero-order valence-electron chi connectivity index (χ0n) is 14.0. The minimum absolute atomic E-state index is 0.328. The fourth-order valence-electron chi connectivity index (χ4n) is 2.47. The van der Waals surface area contributed by atoms with Crippen LogP contribution in [0.5, 0.6) is 0 Å². The lowest BCUT2D eigenvalue weighted by Crippen LogP contribution is -2.33. The minimum Gasteiger partial charge on any atom is -0.399 e. The van der Waals surface area contributed by atoms with Crippen LogP contribution in [0, 0.1) is 5.82 Å². The lowest BCUT2D eigenvalue weighted by Gasteiger charge is -2.22. The first kappa shape index (κ1) is 17.2. The van der Waals surface area contributed by atoms with Crippen LogP contribution in [0.4, 0.5) is 26.2 Å². The van der Waals surface area contributed by atoms with Crippen LogP contribution in [0.25, 0.3) is 6.08 Å². The smallest absolute Gasteiger partial charge is 0.330 e. The number of nitrogens with two attached hydrogens (primary N) is 1. The molecule has 4 nitrogen and oxygen atoms in total. The van der Waals surface area contributed by atoms with E-state index in [2.05, 4.69) is 5.32 Å². The molecule has 0 heterocycles. The lowest BCUT2D eigenvalue weighted by atomic mass is 10.2. The topological polar surface area (TPSA) is 58.4 Å². The molecule has 26 heavy (non-hydrogen) atoms. The monoisotopic (exact) mass is 347 g/mol. The third kappa shape index (κ3) is 4.27. The number of nitrogens with one attached hydrogen (secondary N) is 1. The van der Waals surface area contributed by atoms with Gasteiger partial charge >= 0.3 is 6.03 Å². The Morgan fingerprint density at radius 3 is 2.31 bits per heavy atom. The molecule has 3 aromatic carbocycles. The molecule has 130 valence electrons. The molecule has 0 fully saturated rings. The molecule has 3 aromatic rings. The van der Waals surface area contributed by atoms with Crippen molar-refractivity contribution in [1.29, 1.82) is 0 Å². The highest BCUT2D eigenvalue weighted by Gasteiger charge is 2.16. The van der Waals surface area contributed by atoms with Gasteiger partial charge in [0.15, 0.2) is 0 Å². The zero-order valence-corrected chi connectivity index (χ0v) is 14.0. The van der Waals surface area contributed by atoms with Crippen molar-refractivity contribution in [3.8, 4) is 0 Å². The highest BCUT2D eigenvalue weighted by molar-refractivity contribution is 6.00. The van der Waals surface area contributed by atoms with Crippen molar-refractivity contribution in [2.75, 3.05) is 10.6 Å². The quantitative estimate of drug-likeness (QED) is 0.658. The fraction of sp³-hybridized carbons (Fsp3) is 0. The Labute approximate surface area is 151 Å². The van der Waals surface area contributed by atoms with Gasteiger partial charge in [0, 0.05) is 11.9 Å². The molecule has 2 amide bonds. The number of hydrogen-bond donors (Lipinski definition) is 2. The molecule has 0 aliphatic rings. The van der Waals surface area contributed by atoms with Crippen LogP contribution in [-0.4, -0.2) is 6.03 Å². The summed E-state index contributed by atoms with van der Waals surface area (Å²) in [4.78, 5) is 14.3. The summed E-state index contributed by atoms with van der Waals surface area (Å²) in [5.74, 6) is -0.328. The Morgan fingerprint density at radius 1 is 0.923 bits per heavy atom. The molecule has 0 unspecified atom stereocenters. The molecule has 0 aliphatic carbocycles. The first-order chi connectivity index (χ1) is 12.6.